The van der Waals surface area contributed by atoms with E-state index < -0.39 is 11.9 Å². The maximum Gasteiger partial charge on any atom is 0.314 e. The molecular formula is C11H10O2. The second kappa shape index (κ2) is 2.73. The summed E-state index contributed by atoms with van der Waals surface area (Å²) in [5, 5.41) is 8.88. The fraction of sp³-hybridized carbons (Fsp3) is 0.182. The first-order valence-corrected chi connectivity index (χ1v) is 4.20. The minimum absolute atomic E-state index is 0.449. The van der Waals surface area contributed by atoms with E-state index in [4.69, 9.17) is 5.11 Å². The van der Waals surface area contributed by atoms with Gasteiger partial charge in [-0.25, -0.2) is 0 Å². The van der Waals surface area contributed by atoms with Gasteiger partial charge in [-0.1, -0.05) is 35.9 Å². The topological polar surface area (TPSA) is 37.3 Å². The number of benzene rings is 1. The van der Waals surface area contributed by atoms with Gasteiger partial charge in [0.25, 0.3) is 0 Å². The molecule has 0 saturated carbocycles. The molecule has 0 radical (unpaired) electrons. The van der Waals surface area contributed by atoms with E-state index in [9.17, 15) is 4.79 Å². The number of hydrogen-bond acceptors (Lipinski definition) is 1. The van der Waals surface area contributed by atoms with Gasteiger partial charge in [-0.2, -0.15) is 0 Å². The zero-order valence-corrected chi connectivity index (χ0v) is 7.32. The third kappa shape index (κ3) is 1.24. The zero-order chi connectivity index (χ0) is 9.42. The molecule has 1 aliphatic carbocycles. The van der Waals surface area contributed by atoms with Gasteiger partial charge in [0.1, 0.15) is 5.92 Å². The molecule has 1 aromatic rings. The standard InChI is InChI=1S/C11H10O2/c1-7-2-4-9-8(6-7)3-5-10(9)11(12)13/h2-6,10H,1H3,(H,12,13). The highest BCUT2D eigenvalue weighted by Crippen LogP contribution is 2.30. The second-order valence-electron chi connectivity index (χ2n) is 3.31. The van der Waals surface area contributed by atoms with E-state index in [1.54, 1.807) is 6.08 Å². The number of hydrogen-bond donors (Lipinski definition) is 1. The highest BCUT2D eigenvalue weighted by Gasteiger charge is 2.22. The van der Waals surface area contributed by atoms with Crippen molar-refractivity contribution in [3.63, 3.8) is 0 Å². The van der Waals surface area contributed by atoms with Gasteiger partial charge in [0, 0.05) is 0 Å². The Labute approximate surface area is 76.5 Å². The summed E-state index contributed by atoms with van der Waals surface area (Å²) >= 11 is 0. The Morgan fingerprint density at radius 1 is 1.46 bits per heavy atom. The highest BCUT2D eigenvalue weighted by atomic mass is 16.4. The summed E-state index contributed by atoms with van der Waals surface area (Å²) in [7, 11) is 0. The Hall–Kier alpha value is -1.57. The van der Waals surface area contributed by atoms with Crippen molar-refractivity contribution >= 4 is 12.0 Å². The Bertz CT molecular complexity index is 391. The van der Waals surface area contributed by atoms with Crippen LogP contribution in [0.1, 0.15) is 22.6 Å². The fourth-order valence-corrected chi connectivity index (χ4v) is 1.64. The van der Waals surface area contributed by atoms with Crippen molar-refractivity contribution < 1.29 is 9.90 Å². The minimum Gasteiger partial charge on any atom is -0.481 e. The van der Waals surface area contributed by atoms with Gasteiger partial charge in [0.15, 0.2) is 0 Å². The molecule has 0 spiro atoms. The summed E-state index contributed by atoms with van der Waals surface area (Å²) in [4.78, 5) is 10.8. The van der Waals surface area contributed by atoms with Crippen molar-refractivity contribution in [1.29, 1.82) is 0 Å². The lowest BCUT2D eigenvalue weighted by Gasteiger charge is -2.05. The minimum atomic E-state index is -0.779. The van der Waals surface area contributed by atoms with Crippen molar-refractivity contribution in [2.45, 2.75) is 12.8 Å². The molecule has 1 aliphatic rings. The normalized spacial score (nSPS) is 18.7. The molecule has 1 aromatic carbocycles. The summed E-state index contributed by atoms with van der Waals surface area (Å²) in [5.74, 6) is -1.23. The van der Waals surface area contributed by atoms with Crippen LogP contribution in [-0.2, 0) is 4.79 Å². The van der Waals surface area contributed by atoms with Gasteiger partial charge in [0.2, 0.25) is 0 Å². The van der Waals surface area contributed by atoms with Crippen molar-refractivity contribution in [2.24, 2.45) is 0 Å². The first-order chi connectivity index (χ1) is 6.18. The Balaban J connectivity index is 2.49. The quantitative estimate of drug-likeness (QED) is 0.708. The molecule has 0 bridgehead atoms. The van der Waals surface area contributed by atoms with Crippen LogP contribution >= 0.6 is 0 Å². The number of fused-ring (bicyclic) bond motifs is 1. The van der Waals surface area contributed by atoms with E-state index in [0.717, 1.165) is 16.7 Å². The lowest BCUT2D eigenvalue weighted by atomic mass is 9.99. The summed E-state index contributed by atoms with van der Waals surface area (Å²) in [5.41, 5.74) is 3.10. The van der Waals surface area contributed by atoms with Crippen LogP contribution in [0.25, 0.3) is 6.08 Å². The average molecular weight is 174 g/mol. The van der Waals surface area contributed by atoms with Crippen LogP contribution in [0.15, 0.2) is 24.3 Å². The van der Waals surface area contributed by atoms with E-state index in [2.05, 4.69) is 0 Å². The number of aliphatic carboxylic acids is 1. The molecule has 2 nitrogen and oxygen atoms in total. The molecule has 0 heterocycles. The van der Waals surface area contributed by atoms with Crippen LogP contribution in [-0.4, -0.2) is 11.1 Å². The SMILES string of the molecule is Cc1ccc2c(c1)C=CC2C(=O)O. The van der Waals surface area contributed by atoms with Gasteiger partial charge in [-0.3, -0.25) is 4.79 Å². The lowest BCUT2D eigenvalue weighted by Crippen LogP contribution is -2.06. The number of carboxylic acid groups (broad SMARTS) is 1. The highest BCUT2D eigenvalue weighted by molar-refractivity contribution is 5.85. The van der Waals surface area contributed by atoms with Crippen LogP contribution in [0.2, 0.25) is 0 Å². The third-order valence-electron chi connectivity index (χ3n) is 2.31. The molecule has 13 heavy (non-hydrogen) atoms. The summed E-state index contributed by atoms with van der Waals surface area (Å²) < 4.78 is 0. The predicted octanol–water partition coefficient (Wildman–Crippen LogP) is 2.19. The fourth-order valence-electron chi connectivity index (χ4n) is 1.64. The molecule has 66 valence electrons. The van der Waals surface area contributed by atoms with E-state index in [1.807, 2.05) is 31.2 Å². The predicted molar refractivity (Wildman–Crippen MR) is 50.6 cm³/mol. The van der Waals surface area contributed by atoms with Gasteiger partial charge >= 0.3 is 5.97 Å². The second-order valence-corrected chi connectivity index (χ2v) is 3.31. The molecule has 1 unspecified atom stereocenters. The Morgan fingerprint density at radius 3 is 2.92 bits per heavy atom. The summed E-state index contributed by atoms with van der Waals surface area (Å²) in [6.45, 7) is 2.00. The molecule has 0 amide bonds. The van der Waals surface area contributed by atoms with Gasteiger partial charge in [0.05, 0.1) is 0 Å². The molecular weight excluding hydrogens is 164 g/mol. The van der Waals surface area contributed by atoms with E-state index in [0.29, 0.717) is 0 Å². The van der Waals surface area contributed by atoms with Crippen molar-refractivity contribution in [1.82, 2.24) is 0 Å². The van der Waals surface area contributed by atoms with Crippen LogP contribution in [0.3, 0.4) is 0 Å². The summed E-state index contributed by atoms with van der Waals surface area (Å²) in [6, 6.07) is 5.85. The van der Waals surface area contributed by atoms with Crippen molar-refractivity contribution in [3.05, 3.63) is 41.0 Å². The molecule has 0 fully saturated rings. The van der Waals surface area contributed by atoms with Crippen LogP contribution in [0.5, 0.6) is 0 Å². The number of rotatable bonds is 1. The molecule has 2 heteroatoms. The number of aryl methyl sites for hydroxylation is 1. The number of carboxylic acids is 1. The molecule has 2 rings (SSSR count). The number of carbonyl (C=O) groups is 1. The zero-order valence-electron chi connectivity index (χ0n) is 7.32. The van der Waals surface area contributed by atoms with Crippen LogP contribution in [0, 0.1) is 6.92 Å². The maximum absolute atomic E-state index is 10.8. The van der Waals surface area contributed by atoms with Crippen molar-refractivity contribution in [2.75, 3.05) is 0 Å². The summed E-state index contributed by atoms with van der Waals surface area (Å²) in [6.07, 6.45) is 3.60. The third-order valence-corrected chi connectivity index (χ3v) is 2.31. The Morgan fingerprint density at radius 2 is 2.23 bits per heavy atom. The van der Waals surface area contributed by atoms with E-state index in [1.165, 1.54) is 0 Å². The van der Waals surface area contributed by atoms with Crippen molar-refractivity contribution in [3.8, 4) is 0 Å². The Kier molecular flexibility index (Phi) is 1.69. The first-order valence-electron chi connectivity index (χ1n) is 4.20. The van der Waals surface area contributed by atoms with Crippen LogP contribution < -0.4 is 0 Å². The average Bonchev–Trinajstić information content (AvgIpc) is 2.46. The van der Waals surface area contributed by atoms with E-state index in [-0.39, 0.29) is 0 Å². The lowest BCUT2D eigenvalue weighted by molar-refractivity contribution is -0.137. The van der Waals surface area contributed by atoms with Gasteiger partial charge in [-0.05, 0) is 18.1 Å². The van der Waals surface area contributed by atoms with Gasteiger partial charge < -0.3 is 5.11 Å². The maximum atomic E-state index is 10.8. The molecule has 1 N–H and O–H groups in total. The largest absolute Gasteiger partial charge is 0.481 e. The molecule has 0 aromatic heterocycles. The molecule has 1 atom stereocenters. The molecule has 0 aliphatic heterocycles. The van der Waals surface area contributed by atoms with Gasteiger partial charge in [-0.15, -0.1) is 0 Å². The monoisotopic (exact) mass is 174 g/mol. The van der Waals surface area contributed by atoms with E-state index >= 15 is 0 Å². The first kappa shape index (κ1) is 8.05. The van der Waals surface area contributed by atoms with Crippen LogP contribution in [0.4, 0.5) is 0 Å². The smallest absolute Gasteiger partial charge is 0.314 e. The molecule has 0 saturated heterocycles.